The van der Waals surface area contributed by atoms with Crippen LogP contribution in [-0.2, 0) is 25.6 Å². The number of fused-ring (bicyclic) bond motifs is 1. The summed E-state index contributed by atoms with van der Waals surface area (Å²) in [6.07, 6.45) is -0.0205. The van der Waals surface area contributed by atoms with Gasteiger partial charge in [0, 0.05) is 22.8 Å². The molecule has 1 aromatic rings. The molecule has 1 aromatic heterocycles. The third-order valence-corrected chi connectivity index (χ3v) is 7.08. The quantitative estimate of drug-likeness (QED) is 0.203. The minimum Gasteiger partial charge on any atom is -0.543 e. The molecule has 3 atom stereocenters. The van der Waals surface area contributed by atoms with Crippen molar-refractivity contribution in [1.29, 1.82) is 0 Å². The molecule has 1 fully saturated rings. The van der Waals surface area contributed by atoms with E-state index in [9.17, 15) is 24.3 Å². The van der Waals surface area contributed by atoms with E-state index in [0.717, 1.165) is 9.78 Å². The van der Waals surface area contributed by atoms with E-state index in [1.807, 2.05) is 17.5 Å². The maximum atomic E-state index is 12.5. The SMILES string of the molecule is N[C@H](CS)C(=O)CC1=C(C(=O)[O-])N2C(=O)C(NC(=O)Cc3cccs3)[C@H]2SC1.[Na+]. The zero-order valence-corrected chi connectivity index (χ0v) is 20.1. The largest absolute Gasteiger partial charge is 1.00 e. The number of amides is 2. The molecule has 12 heteroatoms. The summed E-state index contributed by atoms with van der Waals surface area (Å²) in [6, 6.07) is 2.05. The van der Waals surface area contributed by atoms with Gasteiger partial charge in [-0.2, -0.15) is 12.6 Å². The maximum Gasteiger partial charge on any atom is 1.00 e. The first kappa shape index (κ1) is 24.4. The number of nitrogens with zero attached hydrogens (tertiary/aromatic N) is 1. The van der Waals surface area contributed by atoms with Gasteiger partial charge in [0.05, 0.1) is 24.1 Å². The Morgan fingerprint density at radius 2 is 2.10 bits per heavy atom. The standard InChI is InChI=1S/C17H19N3O5S3.Na/c18-10(6-26)11(21)4-8-7-28-16-13(15(23)20(16)14(8)17(24)25)19-12(22)5-9-2-1-3-27-9;/h1-3,10,13,16,26H,4-7,18H2,(H,19,22)(H,24,25);/q;+1/p-1/t10-,13?,16-;/m1./s1. The average Bonchev–Trinajstić information content (AvgIpc) is 3.17. The van der Waals surface area contributed by atoms with Gasteiger partial charge in [-0.15, -0.1) is 23.1 Å². The third kappa shape index (κ3) is 5.27. The molecular formula is C17H18N3NaO5S3. The number of β-lactam (4-membered cyclic amide) rings is 1. The Morgan fingerprint density at radius 1 is 1.38 bits per heavy atom. The van der Waals surface area contributed by atoms with Gasteiger partial charge in [0.15, 0.2) is 5.78 Å². The molecule has 3 heterocycles. The van der Waals surface area contributed by atoms with Gasteiger partial charge in [-0.05, 0) is 17.0 Å². The number of hydrogen-bond donors (Lipinski definition) is 3. The molecule has 3 N–H and O–H groups in total. The molecule has 3 rings (SSSR count). The Labute approximate surface area is 203 Å². The molecule has 0 bridgehead atoms. The van der Waals surface area contributed by atoms with Crippen molar-refractivity contribution in [3.8, 4) is 0 Å². The Morgan fingerprint density at radius 3 is 2.69 bits per heavy atom. The Kier molecular flexibility index (Phi) is 8.83. The van der Waals surface area contributed by atoms with Crippen LogP contribution in [0.5, 0.6) is 0 Å². The van der Waals surface area contributed by atoms with Crippen LogP contribution in [0, 0.1) is 0 Å². The number of aliphatic carboxylic acids is 1. The second kappa shape index (κ2) is 10.5. The van der Waals surface area contributed by atoms with Gasteiger partial charge >= 0.3 is 29.6 Å². The number of nitrogens with one attached hydrogen (secondary N) is 1. The minimum absolute atomic E-state index is 0. The minimum atomic E-state index is -1.52. The van der Waals surface area contributed by atoms with Crippen molar-refractivity contribution in [3.63, 3.8) is 0 Å². The van der Waals surface area contributed by atoms with Crippen LogP contribution in [0.3, 0.4) is 0 Å². The number of thioether (sulfide) groups is 1. The fourth-order valence-electron chi connectivity index (χ4n) is 3.05. The van der Waals surface area contributed by atoms with E-state index < -0.39 is 29.3 Å². The van der Waals surface area contributed by atoms with Crippen molar-refractivity contribution in [1.82, 2.24) is 10.2 Å². The van der Waals surface area contributed by atoms with Gasteiger partial charge in [0.1, 0.15) is 11.4 Å². The van der Waals surface area contributed by atoms with Gasteiger partial charge in [-0.1, -0.05) is 6.07 Å². The number of carboxylic acids is 1. The molecule has 0 aromatic carbocycles. The normalized spacial score (nSPS) is 21.6. The third-order valence-electron chi connectivity index (χ3n) is 4.47. The van der Waals surface area contributed by atoms with E-state index in [-0.39, 0.29) is 71.3 Å². The molecule has 0 spiro atoms. The molecule has 0 radical (unpaired) electrons. The molecule has 29 heavy (non-hydrogen) atoms. The molecule has 0 aliphatic carbocycles. The number of nitrogens with two attached hydrogens (primary N) is 1. The smallest absolute Gasteiger partial charge is 0.543 e. The van der Waals surface area contributed by atoms with Crippen molar-refractivity contribution in [2.24, 2.45) is 5.73 Å². The number of ketones is 1. The van der Waals surface area contributed by atoms with Gasteiger partial charge in [-0.3, -0.25) is 19.3 Å². The molecule has 8 nitrogen and oxygen atoms in total. The molecular weight excluding hydrogens is 445 g/mol. The number of carbonyl (C=O) groups is 4. The summed E-state index contributed by atoms with van der Waals surface area (Å²) in [5, 5.41) is 15.6. The van der Waals surface area contributed by atoms with Gasteiger partial charge in [0.2, 0.25) is 5.91 Å². The van der Waals surface area contributed by atoms with Crippen LogP contribution in [0.25, 0.3) is 0 Å². The first-order valence-corrected chi connectivity index (χ1v) is 11.0. The molecule has 2 aliphatic rings. The summed E-state index contributed by atoms with van der Waals surface area (Å²) >= 11 is 6.70. The van der Waals surface area contributed by atoms with Crippen molar-refractivity contribution < 1.29 is 53.8 Å². The van der Waals surface area contributed by atoms with Crippen molar-refractivity contribution in [2.75, 3.05) is 11.5 Å². The number of thiol groups is 1. The first-order chi connectivity index (χ1) is 13.3. The summed E-state index contributed by atoms with van der Waals surface area (Å²) in [7, 11) is 0. The number of hydrogen-bond acceptors (Lipinski definition) is 9. The molecule has 2 aliphatic heterocycles. The van der Waals surface area contributed by atoms with E-state index in [1.54, 1.807) is 0 Å². The van der Waals surface area contributed by atoms with Crippen molar-refractivity contribution in [3.05, 3.63) is 33.7 Å². The van der Waals surface area contributed by atoms with E-state index >= 15 is 0 Å². The maximum absolute atomic E-state index is 12.5. The summed E-state index contributed by atoms with van der Waals surface area (Å²) in [4.78, 5) is 50.4. The van der Waals surface area contributed by atoms with E-state index in [0.29, 0.717) is 5.57 Å². The second-order valence-electron chi connectivity index (χ2n) is 6.38. The summed E-state index contributed by atoms with van der Waals surface area (Å²) in [5.41, 5.74) is 5.64. The van der Waals surface area contributed by atoms with Crippen LogP contribution in [0.4, 0.5) is 0 Å². The predicted molar refractivity (Wildman–Crippen MR) is 107 cm³/mol. The van der Waals surface area contributed by atoms with Crippen molar-refractivity contribution in [2.45, 2.75) is 30.3 Å². The fraction of sp³-hybridized carbons (Fsp3) is 0.412. The number of carboxylic acid groups (broad SMARTS) is 1. The number of carbonyl (C=O) groups excluding carboxylic acids is 4. The average molecular weight is 464 g/mol. The van der Waals surface area contributed by atoms with Crippen molar-refractivity contribution >= 4 is 59.3 Å². The van der Waals surface area contributed by atoms with Crippen LogP contribution >= 0.6 is 35.7 Å². The van der Waals surface area contributed by atoms with E-state index in [2.05, 4.69) is 17.9 Å². The second-order valence-corrected chi connectivity index (χ2v) is 8.89. The summed E-state index contributed by atoms with van der Waals surface area (Å²) in [6.45, 7) is 0. The first-order valence-electron chi connectivity index (χ1n) is 8.42. The fourth-order valence-corrected chi connectivity index (χ4v) is 5.30. The molecule has 150 valence electrons. The van der Waals surface area contributed by atoms with Gasteiger partial charge < -0.3 is 21.0 Å². The van der Waals surface area contributed by atoms with Gasteiger partial charge in [0.25, 0.3) is 5.91 Å². The van der Waals surface area contributed by atoms with Crippen LogP contribution in [0.2, 0.25) is 0 Å². The number of thiophene rings is 1. The van der Waals surface area contributed by atoms with Gasteiger partial charge in [-0.25, -0.2) is 0 Å². The van der Waals surface area contributed by atoms with Crippen LogP contribution in [-0.4, -0.2) is 57.4 Å². The zero-order valence-electron chi connectivity index (χ0n) is 15.6. The molecule has 1 saturated heterocycles. The Bertz CT molecular complexity index is 845. The number of Topliss-reactive ketones (excluding diaryl/α,β-unsaturated/α-hetero) is 1. The monoisotopic (exact) mass is 463 g/mol. The zero-order chi connectivity index (χ0) is 20.4. The molecule has 0 saturated carbocycles. The Hall–Kier alpha value is -0.820. The summed E-state index contributed by atoms with van der Waals surface area (Å²) in [5.74, 6) is -2.33. The van der Waals surface area contributed by atoms with E-state index in [1.165, 1.54) is 23.1 Å². The topological polar surface area (TPSA) is 133 Å². The Balaban J connectivity index is 0.00000300. The van der Waals surface area contributed by atoms with Crippen LogP contribution < -0.4 is 45.7 Å². The van der Waals surface area contributed by atoms with Crippen LogP contribution in [0.15, 0.2) is 28.8 Å². The van der Waals surface area contributed by atoms with E-state index in [4.69, 9.17) is 5.73 Å². The van der Waals surface area contributed by atoms with Crippen LogP contribution in [0.1, 0.15) is 11.3 Å². The molecule has 1 unspecified atom stereocenters. The number of rotatable bonds is 8. The predicted octanol–water partition coefficient (Wildman–Crippen LogP) is -4.09. The molecule has 2 amide bonds. The summed E-state index contributed by atoms with van der Waals surface area (Å²) < 4.78 is 0.